The van der Waals surface area contributed by atoms with E-state index in [1.54, 1.807) is 27.4 Å². The Morgan fingerprint density at radius 1 is 1.15 bits per heavy atom. The summed E-state index contributed by atoms with van der Waals surface area (Å²) in [4.78, 5) is 27.2. The molecule has 2 amide bonds. The molecule has 2 aliphatic rings. The van der Waals surface area contributed by atoms with E-state index in [2.05, 4.69) is 5.32 Å². The molecule has 2 aromatic carbocycles. The van der Waals surface area contributed by atoms with E-state index in [1.807, 2.05) is 26.0 Å². The predicted octanol–water partition coefficient (Wildman–Crippen LogP) is 4.59. The molecule has 0 radical (unpaired) electrons. The standard InChI is InChI=1S/C25H30ClN3O4S/c1-3-20-6-4-5-13-29(20)34(32,33)22-11-8-19(9-12-22)27-25(31)18-14-24(30)28(16-18)21-10-7-17(2)23(26)15-21/h7-12,15,18,20H,3-6,13-14,16H2,1-2H3,(H,27,31). The third kappa shape index (κ3) is 4.99. The Kier molecular flexibility index (Phi) is 7.31. The van der Waals surface area contributed by atoms with E-state index < -0.39 is 15.9 Å². The third-order valence-corrected chi connectivity index (χ3v) is 9.11. The lowest BCUT2D eigenvalue weighted by molar-refractivity contribution is -0.122. The number of rotatable bonds is 6. The van der Waals surface area contributed by atoms with Crippen LogP contribution in [0.25, 0.3) is 0 Å². The van der Waals surface area contributed by atoms with Crippen LogP contribution in [0.4, 0.5) is 11.4 Å². The maximum atomic E-state index is 13.1. The Morgan fingerprint density at radius 3 is 2.56 bits per heavy atom. The molecule has 7 nitrogen and oxygen atoms in total. The zero-order valence-corrected chi connectivity index (χ0v) is 21.0. The SMILES string of the molecule is CCC1CCCCN1S(=O)(=O)c1ccc(NC(=O)C2CC(=O)N(c3ccc(C)c(Cl)c3)C2)cc1. The number of carbonyl (C=O) groups excluding carboxylic acids is 2. The zero-order chi connectivity index (χ0) is 24.5. The molecule has 1 N–H and O–H groups in total. The van der Waals surface area contributed by atoms with Crippen molar-refractivity contribution in [2.24, 2.45) is 5.92 Å². The van der Waals surface area contributed by atoms with Crippen LogP contribution in [-0.2, 0) is 19.6 Å². The van der Waals surface area contributed by atoms with Crippen LogP contribution in [0, 0.1) is 12.8 Å². The van der Waals surface area contributed by atoms with Crippen molar-refractivity contribution in [3.8, 4) is 0 Å². The summed E-state index contributed by atoms with van der Waals surface area (Å²) in [5.74, 6) is -0.907. The van der Waals surface area contributed by atoms with Crippen molar-refractivity contribution in [1.29, 1.82) is 0 Å². The first-order valence-electron chi connectivity index (χ1n) is 11.7. The highest BCUT2D eigenvalue weighted by atomic mass is 35.5. The Morgan fingerprint density at radius 2 is 1.88 bits per heavy atom. The van der Waals surface area contributed by atoms with Crippen LogP contribution in [0.3, 0.4) is 0 Å². The summed E-state index contributed by atoms with van der Waals surface area (Å²) in [5, 5.41) is 3.40. The second-order valence-corrected chi connectivity index (χ2v) is 11.3. The van der Waals surface area contributed by atoms with Crippen molar-refractivity contribution < 1.29 is 18.0 Å². The Hall–Kier alpha value is -2.42. The van der Waals surface area contributed by atoms with Gasteiger partial charge in [-0.15, -0.1) is 0 Å². The summed E-state index contributed by atoms with van der Waals surface area (Å²) >= 11 is 6.19. The van der Waals surface area contributed by atoms with E-state index in [4.69, 9.17) is 11.6 Å². The van der Waals surface area contributed by atoms with Gasteiger partial charge in [0.15, 0.2) is 0 Å². The van der Waals surface area contributed by atoms with Crippen LogP contribution in [0.15, 0.2) is 47.4 Å². The summed E-state index contributed by atoms with van der Waals surface area (Å²) in [6.07, 6.45) is 3.70. The fourth-order valence-corrected chi connectivity index (χ4v) is 6.61. The van der Waals surface area contributed by atoms with Gasteiger partial charge in [0.2, 0.25) is 21.8 Å². The van der Waals surface area contributed by atoms with Gasteiger partial charge in [-0.3, -0.25) is 9.59 Å². The van der Waals surface area contributed by atoms with Crippen LogP contribution < -0.4 is 10.2 Å². The number of carbonyl (C=O) groups is 2. The second-order valence-electron chi connectivity index (χ2n) is 9.03. The number of benzene rings is 2. The molecule has 34 heavy (non-hydrogen) atoms. The molecule has 182 valence electrons. The molecule has 2 aromatic rings. The first-order valence-corrected chi connectivity index (χ1v) is 13.5. The first-order chi connectivity index (χ1) is 16.2. The fraction of sp³-hybridized carbons (Fsp3) is 0.440. The minimum atomic E-state index is -3.58. The maximum Gasteiger partial charge on any atom is 0.243 e. The lowest BCUT2D eigenvalue weighted by Gasteiger charge is -2.34. The van der Waals surface area contributed by atoms with Gasteiger partial charge >= 0.3 is 0 Å². The number of halogens is 1. The van der Waals surface area contributed by atoms with Gasteiger partial charge in [-0.2, -0.15) is 4.31 Å². The van der Waals surface area contributed by atoms with Crippen LogP contribution in [0.1, 0.15) is 44.6 Å². The average Bonchev–Trinajstić information content (AvgIpc) is 3.23. The van der Waals surface area contributed by atoms with Gasteiger partial charge in [-0.05, 0) is 68.1 Å². The van der Waals surface area contributed by atoms with Gasteiger partial charge < -0.3 is 10.2 Å². The summed E-state index contributed by atoms with van der Waals surface area (Å²) in [7, 11) is -3.58. The molecule has 2 fully saturated rings. The van der Waals surface area contributed by atoms with Gasteiger partial charge in [0.25, 0.3) is 0 Å². The van der Waals surface area contributed by atoms with Gasteiger partial charge in [0, 0.05) is 41.9 Å². The van der Waals surface area contributed by atoms with Crippen LogP contribution in [-0.4, -0.2) is 43.7 Å². The van der Waals surface area contributed by atoms with E-state index in [-0.39, 0.29) is 35.7 Å². The molecule has 4 rings (SSSR count). The largest absolute Gasteiger partial charge is 0.326 e. The molecule has 0 spiro atoms. The highest BCUT2D eigenvalue weighted by Crippen LogP contribution is 2.30. The molecule has 0 bridgehead atoms. The number of nitrogens with one attached hydrogen (secondary N) is 1. The lowest BCUT2D eigenvalue weighted by atomic mass is 10.0. The number of piperidine rings is 1. The third-order valence-electron chi connectivity index (χ3n) is 6.74. The van der Waals surface area contributed by atoms with Crippen molar-refractivity contribution in [3.63, 3.8) is 0 Å². The molecule has 2 unspecified atom stereocenters. The lowest BCUT2D eigenvalue weighted by Crippen LogP contribution is -2.43. The monoisotopic (exact) mass is 503 g/mol. The second kappa shape index (κ2) is 10.1. The van der Waals surface area contributed by atoms with Gasteiger partial charge in [-0.25, -0.2) is 8.42 Å². The van der Waals surface area contributed by atoms with E-state index in [0.29, 0.717) is 22.9 Å². The number of hydrogen-bond acceptors (Lipinski definition) is 4. The van der Waals surface area contributed by atoms with Crippen LogP contribution in [0.5, 0.6) is 0 Å². The Balaban J connectivity index is 1.42. The molecule has 0 aliphatic carbocycles. The van der Waals surface area contributed by atoms with Crippen molar-refractivity contribution in [3.05, 3.63) is 53.1 Å². The van der Waals surface area contributed by atoms with Gasteiger partial charge in [-0.1, -0.05) is 31.0 Å². The van der Waals surface area contributed by atoms with E-state index in [9.17, 15) is 18.0 Å². The summed E-state index contributed by atoms with van der Waals surface area (Å²) in [6, 6.07) is 11.7. The molecule has 2 saturated heterocycles. The topological polar surface area (TPSA) is 86.8 Å². The minimum Gasteiger partial charge on any atom is -0.326 e. The number of amides is 2. The summed E-state index contributed by atoms with van der Waals surface area (Å²) in [6.45, 7) is 4.71. The summed E-state index contributed by atoms with van der Waals surface area (Å²) < 4.78 is 27.9. The molecule has 2 aliphatic heterocycles. The molecule has 2 atom stereocenters. The molecule has 2 heterocycles. The quantitative estimate of drug-likeness (QED) is 0.624. The molecule has 0 saturated carbocycles. The molecule has 9 heteroatoms. The van der Waals surface area contributed by atoms with Crippen molar-refractivity contribution in [2.75, 3.05) is 23.3 Å². The minimum absolute atomic E-state index is 0.0318. The fourth-order valence-electron chi connectivity index (χ4n) is 4.67. The Bertz CT molecular complexity index is 1180. The van der Waals surface area contributed by atoms with Crippen molar-refractivity contribution in [1.82, 2.24) is 4.31 Å². The smallest absolute Gasteiger partial charge is 0.243 e. The van der Waals surface area contributed by atoms with Crippen molar-refractivity contribution >= 4 is 44.8 Å². The number of anilines is 2. The van der Waals surface area contributed by atoms with Gasteiger partial charge in [0.05, 0.1) is 10.8 Å². The Labute approximate surface area is 206 Å². The number of nitrogens with zero attached hydrogens (tertiary/aromatic N) is 2. The normalized spacial score (nSPS) is 21.6. The highest BCUT2D eigenvalue weighted by Gasteiger charge is 2.36. The highest BCUT2D eigenvalue weighted by molar-refractivity contribution is 7.89. The number of aryl methyl sites for hydroxylation is 1. The summed E-state index contributed by atoms with van der Waals surface area (Å²) in [5.41, 5.74) is 2.09. The van der Waals surface area contributed by atoms with E-state index in [1.165, 1.54) is 12.1 Å². The van der Waals surface area contributed by atoms with Crippen molar-refractivity contribution in [2.45, 2.75) is 56.9 Å². The maximum absolute atomic E-state index is 13.1. The number of sulfonamides is 1. The molecular weight excluding hydrogens is 474 g/mol. The van der Waals surface area contributed by atoms with E-state index >= 15 is 0 Å². The van der Waals surface area contributed by atoms with Crippen LogP contribution >= 0.6 is 11.6 Å². The number of hydrogen-bond donors (Lipinski definition) is 1. The van der Waals surface area contributed by atoms with E-state index in [0.717, 1.165) is 31.2 Å². The first kappa shape index (κ1) is 24.7. The van der Waals surface area contributed by atoms with Crippen LogP contribution in [0.2, 0.25) is 5.02 Å². The predicted molar refractivity (Wildman–Crippen MR) is 134 cm³/mol. The molecular formula is C25H30ClN3O4S. The average molecular weight is 504 g/mol. The zero-order valence-electron chi connectivity index (χ0n) is 19.5. The molecule has 0 aromatic heterocycles. The van der Waals surface area contributed by atoms with Gasteiger partial charge in [0.1, 0.15) is 0 Å².